The third-order valence-corrected chi connectivity index (χ3v) is 2.93. The van der Waals surface area contributed by atoms with Crippen molar-refractivity contribution in [2.24, 2.45) is 0 Å². The van der Waals surface area contributed by atoms with E-state index in [4.69, 9.17) is 11.6 Å². The lowest BCUT2D eigenvalue weighted by Gasteiger charge is -2.15. The van der Waals surface area contributed by atoms with Gasteiger partial charge in [-0.15, -0.1) is 0 Å². The second-order valence-electron chi connectivity index (χ2n) is 4.38. The van der Waals surface area contributed by atoms with Crippen LogP contribution in [0.4, 0.5) is 15.8 Å². The van der Waals surface area contributed by atoms with Crippen LogP contribution in [0.2, 0.25) is 5.02 Å². The summed E-state index contributed by atoms with van der Waals surface area (Å²) < 4.78 is 13.1. The molecule has 1 atom stereocenters. The van der Waals surface area contributed by atoms with Crippen LogP contribution in [0.5, 0.6) is 0 Å². The number of hydrogen-bond donors (Lipinski definition) is 2. The summed E-state index contributed by atoms with van der Waals surface area (Å²) in [6.45, 7) is 1.70. The van der Waals surface area contributed by atoms with Crippen molar-refractivity contribution < 1.29 is 9.18 Å². The van der Waals surface area contributed by atoms with E-state index in [1.54, 1.807) is 43.3 Å². The molecule has 5 heteroatoms. The lowest BCUT2D eigenvalue weighted by molar-refractivity contribution is -0.116. The molecule has 20 heavy (non-hydrogen) atoms. The minimum Gasteiger partial charge on any atom is -0.374 e. The number of hydrogen-bond acceptors (Lipinski definition) is 2. The number of rotatable bonds is 4. The standard InChI is InChI=1S/C15H14ClFN2O/c1-10(18-14-7-3-5-12(17)9-14)15(20)19-13-6-2-4-11(16)8-13/h2-10,18H,1H3,(H,19,20)/t10-/m1/s1. The Balaban J connectivity index is 1.98. The van der Waals surface area contributed by atoms with Crippen molar-refractivity contribution in [3.8, 4) is 0 Å². The Morgan fingerprint density at radius 1 is 1.15 bits per heavy atom. The number of amides is 1. The van der Waals surface area contributed by atoms with Crippen molar-refractivity contribution in [1.82, 2.24) is 0 Å². The Morgan fingerprint density at radius 3 is 2.55 bits per heavy atom. The van der Waals surface area contributed by atoms with Gasteiger partial charge in [0.1, 0.15) is 11.9 Å². The molecule has 0 aliphatic heterocycles. The molecule has 2 N–H and O–H groups in total. The topological polar surface area (TPSA) is 41.1 Å². The molecular weight excluding hydrogens is 279 g/mol. The van der Waals surface area contributed by atoms with Gasteiger partial charge in [-0.05, 0) is 43.3 Å². The molecule has 0 saturated heterocycles. The van der Waals surface area contributed by atoms with Gasteiger partial charge in [0, 0.05) is 16.4 Å². The van der Waals surface area contributed by atoms with Gasteiger partial charge in [0.05, 0.1) is 0 Å². The minimum atomic E-state index is -0.504. The molecule has 0 unspecified atom stereocenters. The van der Waals surface area contributed by atoms with Crippen LogP contribution in [-0.2, 0) is 4.79 Å². The number of benzene rings is 2. The highest BCUT2D eigenvalue weighted by molar-refractivity contribution is 6.30. The van der Waals surface area contributed by atoms with Crippen molar-refractivity contribution in [3.05, 3.63) is 59.4 Å². The molecule has 0 radical (unpaired) electrons. The molecular formula is C15H14ClFN2O. The van der Waals surface area contributed by atoms with E-state index in [1.165, 1.54) is 12.1 Å². The van der Waals surface area contributed by atoms with Gasteiger partial charge in [-0.25, -0.2) is 4.39 Å². The summed E-state index contributed by atoms with van der Waals surface area (Å²) in [5.74, 6) is -0.575. The summed E-state index contributed by atoms with van der Waals surface area (Å²) in [7, 11) is 0. The van der Waals surface area contributed by atoms with Crippen molar-refractivity contribution in [2.45, 2.75) is 13.0 Å². The van der Waals surface area contributed by atoms with Crippen LogP contribution in [0.3, 0.4) is 0 Å². The van der Waals surface area contributed by atoms with Crippen molar-refractivity contribution in [1.29, 1.82) is 0 Å². The highest BCUT2D eigenvalue weighted by atomic mass is 35.5. The number of nitrogens with one attached hydrogen (secondary N) is 2. The lowest BCUT2D eigenvalue weighted by atomic mass is 10.2. The summed E-state index contributed by atoms with van der Waals surface area (Å²) >= 11 is 5.85. The van der Waals surface area contributed by atoms with E-state index < -0.39 is 6.04 Å². The molecule has 104 valence electrons. The van der Waals surface area contributed by atoms with Crippen LogP contribution in [0, 0.1) is 5.82 Å². The van der Waals surface area contributed by atoms with E-state index in [2.05, 4.69) is 10.6 Å². The Morgan fingerprint density at radius 2 is 1.85 bits per heavy atom. The monoisotopic (exact) mass is 292 g/mol. The van der Waals surface area contributed by atoms with Gasteiger partial charge < -0.3 is 10.6 Å². The molecule has 2 aromatic carbocycles. The zero-order valence-corrected chi connectivity index (χ0v) is 11.6. The summed E-state index contributed by atoms with van der Waals surface area (Å²) in [4.78, 5) is 12.0. The third-order valence-electron chi connectivity index (χ3n) is 2.69. The van der Waals surface area contributed by atoms with Gasteiger partial charge in [0.2, 0.25) is 5.91 Å². The predicted octanol–water partition coefficient (Wildman–Crippen LogP) is 3.92. The van der Waals surface area contributed by atoms with Gasteiger partial charge in [-0.1, -0.05) is 23.7 Å². The van der Waals surface area contributed by atoms with Gasteiger partial charge in [-0.2, -0.15) is 0 Å². The van der Waals surface area contributed by atoms with Crippen LogP contribution in [0.15, 0.2) is 48.5 Å². The molecule has 0 fully saturated rings. The maximum absolute atomic E-state index is 13.1. The van der Waals surface area contributed by atoms with E-state index in [0.29, 0.717) is 16.4 Å². The largest absolute Gasteiger partial charge is 0.374 e. The summed E-state index contributed by atoms with van der Waals surface area (Å²) in [5.41, 5.74) is 1.18. The average Bonchev–Trinajstić information content (AvgIpc) is 2.38. The quantitative estimate of drug-likeness (QED) is 0.897. The highest BCUT2D eigenvalue weighted by Gasteiger charge is 2.13. The molecule has 0 aliphatic carbocycles. The average molecular weight is 293 g/mol. The SMILES string of the molecule is C[C@@H](Nc1cccc(F)c1)C(=O)Nc1cccc(Cl)c1. The zero-order chi connectivity index (χ0) is 14.5. The second-order valence-corrected chi connectivity index (χ2v) is 4.81. The van der Waals surface area contributed by atoms with Gasteiger partial charge >= 0.3 is 0 Å². The first-order valence-electron chi connectivity index (χ1n) is 6.13. The van der Waals surface area contributed by atoms with Crippen molar-refractivity contribution in [3.63, 3.8) is 0 Å². The number of carbonyl (C=O) groups excluding carboxylic acids is 1. The molecule has 0 bridgehead atoms. The first-order valence-corrected chi connectivity index (χ1v) is 6.51. The van der Waals surface area contributed by atoms with Crippen LogP contribution < -0.4 is 10.6 Å². The fourth-order valence-corrected chi connectivity index (χ4v) is 1.90. The Hall–Kier alpha value is -2.07. The Bertz CT molecular complexity index is 618. The Kier molecular flexibility index (Phi) is 4.58. The molecule has 2 rings (SSSR count). The minimum absolute atomic E-state index is 0.225. The van der Waals surface area contributed by atoms with Crippen molar-refractivity contribution >= 4 is 28.9 Å². The molecule has 0 spiro atoms. The fourth-order valence-electron chi connectivity index (χ4n) is 1.71. The highest BCUT2D eigenvalue weighted by Crippen LogP contribution is 2.16. The third kappa shape index (κ3) is 3.96. The van der Waals surface area contributed by atoms with Gasteiger partial charge in [-0.3, -0.25) is 4.79 Å². The number of halogens is 2. The smallest absolute Gasteiger partial charge is 0.246 e. The van der Waals surface area contributed by atoms with Gasteiger partial charge in [0.15, 0.2) is 0 Å². The molecule has 0 saturated carbocycles. The lowest BCUT2D eigenvalue weighted by Crippen LogP contribution is -2.31. The second kappa shape index (κ2) is 6.39. The molecule has 0 aromatic heterocycles. The normalized spacial score (nSPS) is 11.8. The zero-order valence-electron chi connectivity index (χ0n) is 10.9. The van der Waals surface area contributed by atoms with Crippen LogP contribution in [0.1, 0.15) is 6.92 Å². The first kappa shape index (κ1) is 14.3. The van der Waals surface area contributed by atoms with E-state index in [-0.39, 0.29) is 11.7 Å². The molecule has 3 nitrogen and oxygen atoms in total. The van der Waals surface area contributed by atoms with E-state index >= 15 is 0 Å². The van der Waals surface area contributed by atoms with Crippen LogP contribution in [-0.4, -0.2) is 11.9 Å². The van der Waals surface area contributed by atoms with E-state index in [0.717, 1.165) is 0 Å². The van der Waals surface area contributed by atoms with E-state index in [1.807, 2.05) is 0 Å². The maximum atomic E-state index is 13.1. The molecule has 1 amide bonds. The maximum Gasteiger partial charge on any atom is 0.246 e. The van der Waals surface area contributed by atoms with Crippen molar-refractivity contribution in [2.75, 3.05) is 10.6 Å². The van der Waals surface area contributed by atoms with Crippen LogP contribution in [0.25, 0.3) is 0 Å². The number of carbonyl (C=O) groups is 1. The fraction of sp³-hybridized carbons (Fsp3) is 0.133. The first-order chi connectivity index (χ1) is 9.54. The van der Waals surface area contributed by atoms with Gasteiger partial charge in [0.25, 0.3) is 0 Å². The molecule has 2 aromatic rings. The Labute approximate surface area is 121 Å². The summed E-state index contributed by atoms with van der Waals surface area (Å²) in [6, 6.07) is 12.4. The summed E-state index contributed by atoms with van der Waals surface area (Å²) in [5, 5.41) is 6.22. The summed E-state index contributed by atoms with van der Waals surface area (Å²) in [6.07, 6.45) is 0. The molecule has 0 heterocycles. The van der Waals surface area contributed by atoms with E-state index in [9.17, 15) is 9.18 Å². The number of anilines is 2. The predicted molar refractivity (Wildman–Crippen MR) is 79.6 cm³/mol. The molecule has 0 aliphatic rings. The van der Waals surface area contributed by atoms with Crippen LogP contribution >= 0.6 is 11.6 Å².